The second kappa shape index (κ2) is 6.02. The Labute approximate surface area is 96.1 Å². The van der Waals surface area contributed by atoms with Gasteiger partial charge in [0, 0.05) is 40.0 Å². The molecule has 0 aliphatic carbocycles. The molecule has 0 bridgehead atoms. The number of anilines is 1. The van der Waals surface area contributed by atoms with Crippen molar-refractivity contribution in [2.45, 2.75) is 6.54 Å². The van der Waals surface area contributed by atoms with Gasteiger partial charge in [-0.1, -0.05) is 0 Å². The Morgan fingerprint density at radius 3 is 2.80 bits per heavy atom. The SMILES string of the molecule is CSCCNCc1cnc(N(C)C)n1C. The molecule has 1 aromatic rings. The first-order chi connectivity index (χ1) is 7.16. The molecule has 0 atom stereocenters. The summed E-state index contributed by atoms with van der Waals surface area (Å²) in [4.78, 5) is 6.38. The van der Waals surface area contributed by atoms with Gasteiger partial charge in [0.1, 0.15) is 0 Å². The van der Waals surface area contributed by atoms with Crippen LogP contribution in [0.3, 0.4) is 0 Å². The molecule has 0 amide bonds. The minimum absolute atomic E-state index is 0.887. The van der Waals surface area contributed by atoms with Crippen LogP contribution in [0.2, 0.25) is 0 Å². The molecule has 1 heterocycles. The maximum atomic E-state index is 4.36. The standard InChI is InChI=1S/C10H20N4S/c1-13(2)10-12-8-9(14(10)3)7-11-5-6-15-4/h8,11H,5-7H2,1-4H3. The molecule has 0 saturated carbocycles. The lowest BCUT2D eigenvalue weighted by Crippen LogP contribution is -2.19. The van der Waals surface area contributed by atoms with Crippen molar-refractivity contribution >= 4 is 17.7 Å². The van der Waals surface area contributed by atoms with Crippen molar-refractivity contribution in [3.8, 4) is 0 Å². The number of nitrogens with zero attached hydrogens (tertiary/aromatic N) is 3. The average Bonchev–Trinajstić information content (AvgIpc) is 2.55. The number of hydrogen-bond acceptors (Lipinski definition) is 4. The summed E-state index contributed by atoms with van der Waals surface area (Å²) in [6.45, 7) is 1.93. The summed E-state index contributed by atoms with van der Waals surface area (Å²) in [7, 11) is 6.06. The van der Waals surface area contributed by atoms with Crippen LogP contribution in [0.5, 0.6) is 0 Å². The molecule has 0 aromatic carbocycles. The summed E-state index contributed by atoms with van der Waals surface area (Å²) < 4.78 is 2.12. The second-order valence-electron chi connectivity index (χ2n) is 3.67. The van der Waals surface area contributed by atoms with Crippen molar-refractivity contribution in [1.29, 1.82) is 0 Å². The molecule has 0 spiro atoms. The smallest absolute Gasteiger partial charge is 0.204 e. The van der Waals surface area contributed by atoms with Gasteiger partial charge in [-0.15, -0.1) is 0 Å². The van der Waals surface area contributed by atoms with Gasteiger partial charge < -0.3 is 14.8 Å². The predicted octanol–water partition coefficient (Wildman–Crippen LogP) is 0.939. The van der Waals surface area contributed by atoms with Crippen molar-refractivity contribution in [3.63, 3.8) is 0 Å². The predicted molar refractivity (Wildman–Crippen MR) is 67.6 cm³/mol. The first-order valence-electron chi connectivity index (χ1n) is 5.04. The normalized spacial score (nSPS) is 10.7. The molecule has 0 aliphatic rings. The summed E-state index contributed by atoms with van der Waals surface area (Å²) >= 11 is 1.86. The van der Waals surface area contributed by atoms with Crippen LogP contribution >= 0.6 is 11.8 Å². The molecule has 0 fully saturated rings. The Balaban J connectivity index is 2.48. The van der Waals surface area contributed by atoms with E-state index < -0.39 is 0 Å². The van der Waals surface area contributed by atoms with E-state index in [1.54, 1.807) is 0 Å². The summed E-state index contributed by atoms with van der Waals surface area (Å²) in [5, 5.41) is 3.40. The highest BCUT2D eigenvalue weighted by molar-refractivity contribution is 7.98. The van der Waals surface area contributed by atoms with Gasteiger partial charge in [0.25, 0.3) is 0 Å². The first kappa shape index (κ1) is 12.4. The summed E-state index contributed by atoms with van der Waals surface area (Å²) in [5.41, 5.74) is 1.22. The molecule has 0 saturated heterocycles. The van der Waals surface area contributed by atoms with E-state index in [4.69, 9.17) is 0 Å². The molecule has 1 N–H and O–H groups in total. The van der Waals surface area contributed by atoms with Crippen LogP contribution in [0.4, 0.5) is 5.95 Å². The fourth-order valence-electron chi connectivity index (χ4n) is 1.40. The van der Waals surface area contributed by atoms with E-state index >= 15 is 0 Å². The van der Waals surface area contributed by atoms with Gasteiger partial charge in [0.2, 0.25) is 5.95 Å². The fraction of sp³-hybridized carbons (Fsp3) is 0.700. The lowest BCUT2D eigenvalue weighted by Gasteiger charge is -2.12. The van der Waals surface area contributed by atoms with Crippen molar-refractivity contribution in [2.75, 3.05) is 37.5 Å². The number of hydrogen-bond donors (Lipinski definition) is 1. The first-order valence-corrected chi connectivity index (χ1v) is 6.43. The zero-order valence-corrected chi connectivity index (χ0v) is 10.8. The molecule has 1 aromatic heterocycles. The van der Waals surface area contributed by atoms with Gasteiger partial charge in [-0.2, -0.15) is 11.8 Å². The van der Waals surface area contributed by atoms with Crippen molar-refractivity contribution < 1.29 is 0 Å². The topological polar surface area (TPSA) is 33.1 Å². The Kier molecular flexibility index (Phi) is 4.98. The van der Waals surface area contributed by atoms with Crippen LogP contribution in [-0.4, -0.2) is 42.2 Å². The highest BCUT2D eigenvalue weighted by Gasteiger charge is 2.06. The molecule has 86 valence electrons. The van der Waals surface area contributed by atoms with Gasteiger partial charge in [-0.3, -0.25) is 0 Å². The Bertz CT molecular complexity index is 296. The molecule has 0 aliphatic heterocycles. The summed E-state index contributed by atoms with van der Waals surface area (Å²) in [6, 6.07) is 0. The average molecular weight is 228 g/mol. The minimum atomic E-state index is 0.887. The van der Waals surface area contributed by atoms with Gasteiger partial charge in [0.15, 0.2) is 0 Å². The Morgan fingerprint density at radius 1 is 1.53 bits per heavy atom. The Hall–Kier alpha value is -0.680. The van der Waals surface area contributed by atoms with Crippen LogP contribution in [0.1, 0.15) is 5.69 Å². The zero-order chi connectivity index (χ0) is 11.3. The van der Waals surface area contributed by atoms with Crippen molar-refractivity contribution in [1.82, 2.24) is 14.9 Å². The maximum Gasteiger partial charge on any atom is 0.204 e. The highest BCUT2D eigenvalue weighted by atomic mass is 32.2. The van der Waals surface area contributed by atoms with E-state index in [9.17, 15) is 0 Å². The molecule has 15 heavy (non-hydrogen) atoms. The third-order valence-corrected chi connectivity index (χ3v) is 2.86. The van der Waals surface area contributed by atoms with E-state index in [1.165, 1.54) is 5.69 Å². The van der Waals surface area contributed by atoms with E-state index in [-0.39, 0.29) is 0 Å². The molecular formula is C10H20N4S. The number of nitrogens with one attached hydrogen (secondary N) is 1. The molecule has 0 radical (unpaired) electrons. The molecule has 5 heteroatoms. The zero-order valence-electron chi connectivity index (χ0n) is 9.95. The van der Waals surface area contributed by atoms with Crippen molar-refractivity contribution in [3.05, 3.63) is 11.9 Å². The van der Waals surface area contributed by atoms with Crippen LogP contribution in [-0.2, 0) is 13.6 Å². The highest BCUT2D eigenvalue weighted by Crippen LogP contribution is 2.10. The number of thioether (sulfide) groups is 1. The monoisotopic (exact) mass is 228 g/mol. The number of rotatable bonds is 6. The van der Waals surface area contributed by atoms with E-state index in [2.05, 4.69) is 21.1 Å². The number of aromatic nitrogens is 2. The van der Waals surface area contributed by atoms with Gasteiger partial charge in [-0.25, -0.2) is 4.98 Å². The summed E-state index contributed by atoms with van der Waals surface area (Å²) in [6.07, 6.45) is 4.05. The fourth-order valence-corrected chi connectivity index (χ4v) is 1.75. The van der Waals surface area contributed by atoms with Gasteiger partial charge in [-0.05, 0) is 6.26 Å². The van der Waals surface area contributed by atoms with E-state index in [0.717, 1.165) is 24.8 Å². The van der Waals surface area contributed by atoms with Crippen LogP contribution < -0.4 is 10.2 Å². The third-order valence-electron chi connectivity index (χ3n) is 2.25. The molecule has 0 unspecified atom stereocenters. The second-order valence-corrected chi connectivity index (χ2v) is 4.66. The van der Waals surface area contributed by atoms with Crippen LogP contribution in [0.25, 0.3) is 0 Å². The lowest BCUT2D eigenvalue weighted by atomic mass is 10.4. The summed E-state index contributed by atoms with van der Waals surface area (Å²) in [5.74, 6) is 2.15. The quantitative estimate of drug-likeness (QED) is 0.735. The molecule has 1 rings (SSSR count). The van der Waals surface area contributed by atoms with E-state index in [1.807, 2.05) is 44.0 Å². The lowest BCUT2D eigenvalue weighted by molar-refractivity contribution is 0.682. The van der Waals surface area contributed by atoms with E-state index in [0.29, 0.717) is 0 Å². The third kappa shape index (κ3) is 3.43. The minimum Gasteiger partial charge on any atom is -0.348 e. The van der Waals surface area contributed by atoms with Gasteiger partial charge in [0.05, 0.1) is 11.9 Å². The Morgan fingerprint density at radius 2 is 2.27 bits per heavy atom. The van der Waals surface area contributed by atoms with Gasteiger partial charge >= 0.3 is 0 Å². The largest absolute Gasteiger partial charge is 0.348 e. The van der Waals surface area contributed by atoms with Crippen LogP contribution in [0.15, 0.2) is 6.20 Å². The molecular weight excluding hydrogens is 208 g/mol. The van der Waals surface area contributed by atoms with Crippen LogP contribution in [0, 0.1) is 0 Å². The number of imidazole rings is 1. The maximum absolute atomic E-state index is 4.36. The van der Waals surface area contributed by atoms with Crippen molar-refractivity contribution in [2.24, 2.45) is 7.05 Å². The molecule has 4 nitrogen and oxygen atoms in total.